The highest BCUT2D eigenvalue weighted by Gasteiger charge is 2.32. The molecule has 0 saturated carbocycles. The maximum atomic E-state index is 12.4. The number of hydrogen-bond donors (Lipinski definition) is 1. The summed E-state index contributed by atoms with van der Waals surface area (Å²) >= 11 is 6.03. The number of imide groups is 1. The third-order valence-corrected chi connectivity index (χ3v) is 5.34. The quantitative estimate of drug-likeness (QED) is 0.727. The maximum Gasteiger partial charge on any atom is 0.229 e. The number of carbonyl (C=O) groups is 2. The summed E-state index contributed by atoms with van der Waals surface area (Å²) in [5, 5.41) is 8.39. The van der Waals surface area contributed by atoms with Gasteiger partial charge in [-0.2, -0.15) is 5.10 Å². The fraction of sp³-hybridized carbons (Fsp3) is 0.238. The molecule has 1 unspecified atom stereocenters. The summed E-state index contributed by atoms with van der Waals surface area (Å²) in [5.74, 6) is -0.379. The van der Waals surface area contributed by atoms with Crippen LogP contribution in [0.2, 0.25) is 5.02 Å². The third kappa shape index (κ3) is 3.43. The molecule has 1 atom stereocenters. The largest absolute Gasteiger partial charge is 0.283 e. The van der Waals surface area contributed by atoms with Crippen molar-refractivity contribution in [2.24, 2.45) is 0 Å². The molecule has 1 fully saturated rings. The van der Waals surface area contributed by atoms with Gasteiger partial charge in [0.25, 0.3) is 0 Å². The van der Waals surface area contributed by atoms with Crippen molar-refractivity contribution in [3.63, 3.8) is 0 Å². The van der Waals surface area contributed by atoms with Crippen LogP contribution in [0.4, 0.5) is 0 Å². The Morgan fingerprint density at radius 1 is 1.14 bits per heavy atom. The lowest BCUT2D eigenvalue weighted by Gasteiger charge is -2.29. The molecule has 7 heteroatoms. The Bertz CT molecular complexity index is 1010. The van der Waals surface area contributed by atoms with Crippen molar-refractivity contribution in [1.82, 2.24) is 20.1 Å². The van der Waals surface area contributed by atoms with Crippen LogP contribution in [0.15, 0.2) is 48.8 Å². The van der Waals surface area contributed by atoms with E-state index >= 15 is 0 Å². The molecule has 0 radical (unpaired) electrons. The van der Waals surface area contributed by atoms with Crippen molar-refractivity contribution in [3.8, 4) is 22.4 Å². The second-order valence-corrected chi connectivity index (χ2v) is 7.29. The number of halogens is 1. The lowest BCUT2D eigenvalue weighted by molar-refractivity contribution is -0.145. The van der Waals surface area contributed by atoms with Gasteiger partial charge in [-0.15, -0.1) is 0 Å². The SMILES string of the molecule is CC(=O)N1CCC(c2[nH]nc(-c3ccc(Cl)cc3)c2-c2ccncc2)CC1=O. The molecule has 2 amide bonds. The number of nitrogens with zero attached hydrogens (tertiary/aromatic N) is 3. The van der Waals surface area contributed by atoms with E-state index in [2.05, 4.69) is 15.2 Å². The molecule has 6 nitrogen and oxygen atoms in total. The minimum Gasteiger partial charge on any atom is -0.283 e. The molecule has 28 heavy (non-hydrogen) atoms. The predicted octanol–water partition coefficient (Wildman–Crippen LogP) is 4.04. The van der Waals surface area contributed by atoms with Crippen LogP contribution in [0.25, 0.3) is 22.4 Å². The zero-order chi connectivity index (χ0) is 19.7. The predicted molar refractivity (Wildman–Crippen MR) is 107 cm³/mol. The average molecular weight is 395 g/mol. The van der Waals surface area contributed by atoms with E-state index in [1.54, 1.807) is 12.4 Å². The minimum absolute atomic E-state index is 0.0279. The monoisotopic (exact) mass is 394 g/mol. The van der Waals surface area contributed by atoms with Crippen LogP contribution >= 0.6 is 11.6 Å². The summed E-state index contributed by atoms with van der Waals surface area (Å²) in [6.45, 7) is 1.85. The number of aromatic nitrogens is 3. The van der Waals surface area contributed by atoms with Crippen LogP contribution in [0.3, 0.4) is 0 Å². The Morgan fingerprint density at radius 3 is 2.50 bits per heavy atom. The number of nitrogens with one attached hydrogen (secondary N) is 1. The third-order valence-electron chi connectivity index (χ3n) is 5.09. The highest BCUT2D eigenvalue weighted by molar-refractivity contribution is 6.30. The number of hydrogen-bond acceptors (Lipinski definition) is 4. The Hall–Kier alpha value is -2.99. The summed E-state index contributed by atoms with van der Waals surface area (Å²) in [6.07, 6.45) is 4.45. The topological polar surface area (TPSA) is 79.0 Å². The Labute approximate surface area is 167 Å². The molecule has 142 valence electrons. The van der Waals surface area contributed by atoms with Gasteiger partial charge in [-0.05, 0) is 36.2 Å². The number of benzene rings is 1. The minimum atomic E-state index is -0.204. The first-order valence-electron chi connectivity index (χ1n) is 9.10. The summed E-state index contributed by atoms with van der Waals surface area (Å²) in [4.78, 5) is 29.5. The first-order valence-corrected chi connectivity index (χ1v) is 9.48. The van der Waals surface area contributed by atoms with Crippen LogP contribution in [0.5, 0.6) is 0 Å². The molecule has 0 aliphatic carbocycles. The number of H-pyrrole nitrogens is 1. The Morgan fingerprint density at radius 2 is 1.86 bits per heavy atom. The maximum absolute atomic E-state index is 12.4. The Kier molecular flexibility index (Phi) is 4.96. The van der Waals surface area contributed by atoms with Gasteiger partial charge in [-0.3, -0.25) is 24.6 Å². The van der Waals surface area contributed by atoms with E-state index in [0.717, 1.165) is 28.1 Å². The molecule has 1 aliphatic rings. The summed E-state index contributed by atoms with van der Waals surface area (Å²) in [6, 6.07) is 11.4. The van der Waals surface area contributed by atoms with E-state index in [4.69, 9.17) is 11.6 Å². The molecule has 0 spiro atoms. The van der Waals surface area contributed by atoms with Crippen LogP contribution in [0.1, 0.15) is 31.4 Å². The number of pyridine rings is 1. The van der Waals surface area contributed by atoms with E-state index in [1.807, 2.05) is 36.4 Å². The molecule has 0 bridgehead atoms. The van der Waals surface area contributed by atoms with E-state index in [9.17, 15) is 9.59 Å². The van der Waals surface area contributed by atoms with Gasteiger partial charge in [0, 0.05) is 60.0 Å². The second kappa shape index (κ2) is 7.56. The van der Waals surface area contributed by atoms with Crippen molar-refractivity contribution in [2.75, 3.05) is 6.54 Å². The summed E-state index contributed by atoms with van der Waals surface area (Å²) in [5.41, 5.74) is 4.59. The van der Waals surface area contributed by atoms with Crippen LogP contribution < -0.4 is 0 Å². The van der Waals surface area contributed by atoms with Crippen molar-refractivity contribution in [2.45, 2.75) is 25.7 Å². The van der Waals surface area contributed by atoms with Crippen molar-refractivity contribution in [1.29, 1.82) is 0 Å². The fourth-order valence-electron chi connectivity index (χ4n) is 3.69. The van der Waals surface area contributed by atoms with E-state index in [0.29, 0.717) is 18.0 Å². The van der Waals surface area contributed by atoms with Gasteiger partial charge < -0.3 is 0 Å². The Balaban J connectivity index is 1.77. The smallest absolute Gasteiger partial charge is 0.229 e. The molecule has 3 heterocycles. The van der Waals surface area contributed by atoms with Crippen molar-refractivity contribution >= 4 is 23.4 Å². The lowest BCUT2D eigenvalue weighted by atomic mass is 9.87. The fourth-order valence-corrected chi connectivity index (χ4v) is 3.82. The second-order valence-electron chi connectivity index (χ2n) is 6.86. The number of piperidine rings is 1. The number of amides is 2. The molecule has 1 aromatic carbocycles. The molecule has 2 aromatic heterocycles. The van der Waals surface area contributed by atoms with Gasteiger partial charge in [-0.1, -0.05) is 23.7 Å². The first kappa shape index (κ1) is 18.4. The van der Waals surface area contributed by atoms with Crippen molar-refractivity contribution < 1.29 is 9.59 Å². The number of carbonyl (C=O) groups excluding carboxylic acids is 2. The molecule has 1 N–H and O–H groups in total. The number of aromatic amines is 1. The highest BCUT2D eigenvalue weighted by atomic mass is 35.5. The van der Waals surface area contributed by atoms with Gasteiger partial charge in [0.15, 0.2) is 0 Å². The highest BCUT2D eigenvalue weighted by Crippen LogP contribution is 2.40. The standard InChI is InChI=1S/C21H19ClN4O2/c1-13(27)26-11-8-16(12-18(26)28)21-19(14-6-9-23-10-7-14)20(24-25-21)15-2-4-17(22)5-3-15/h2-7,9-10,16H,8,11-12H2,1H3,(H,24,25). The molecule has 3 aromatic rings. The van der Waals surface area contributed by atoms with E-state index < -0.39 is 0 Å². The molecule has 1 aliphatic heterocycles. The van der Waals surface area contributed by atoms with Crippen LogP contribution in [-0.2, 0) is 9.59 Å². The van der Waals surface area contributed by atoms with Gasteiger partial charge in [0.1, 0.15) is 5.69 Å². The number of rotatable bonds is 3. The van der Waals surface area contributed by atoms with Crippen molar-refractivity contribution in [3.05, 3.63) is 59.5 Å². The summed E-state index contributed by atoms with van der Waals surface area (Å²) < 4.78 is 0. The molecule has 1 saturated heterocycles. The van der Waals surface area contributed by atoms with Gasteiger partial charge >= 0.3 is 0 Å². The number of likely N-dealkylation sites (tertiary alicyclic amines) is 1. The van der Waals surface area contributed by atoms with E-state index in [-0.39, 0.29) is 24.2 Å². The van der Waals surface area contributed by atoms with Gasteiger partial charge in [0.2, 0.25) is 11.8 Å². The molecular formula is C21H19ClN4O2. The van der Waals surface area contributed by atoms with Crippen LogP contribution in [-0.4, -0.2) is 38.4 Å². The van der Waals surface area contributed by atoms with E-state index in [1.165, 1.54) is 11.8 Å². The zero-order valence-electron chi connectivity index (χ0n) is 15.4. The average Bonchev–Trinajstić information content (AvgIpc) is 3.14. The van der Waals surface area contributed by atoms with Crippen LogP contribution in [0, 0.1) is 0 Å². The van der Waals surface area contributed by atoms with Gasteiger partial charge in [0.05, 0.1) is 0 Å². The first-order chi connectivity index (χ1) is 13.5. The zero-order valence-corrected chi connectivity index (χ0v) is 16.1. The normalized spacial score (nSPS) is 17.0. The van der Waals surface area contributed by atoms with Gasteiger partial charge in [-0.25, -0.2) is 0 Å². The summed E-state index contributed by atoms with van der Waals surface area (Å²) in [7, 11) is 0. The lowest BCUT2D eigenvalue weighted by Crippen LogP contribution is -2.41. The molecular weight excluding hydrogens is 376 g/mol. The molecule has 4 rings (SSSR count).